The predicted octanol–water partition coefficient (Wildman–Crippen LogP) is 4.79. The second-order valence-corrected chi connectivity index (χ2v) is 10.4. The standard InChI is InChI=1S/C28H26N2O5S/c1-34-21-14-16-26(35-2)25(17-21)30(36(32,33)22-8-4-3-5-9-22)18-27(31)29-24-15-13-20-12-11-19-7-6-10-23(24)28(19)20/h3-10,13-17H,11-12,18H2,1-2H3,(H,29,31). The molecule has 8 heteroatoms. The van der Waals surface area contributed by atoms with Crippen LogP contribution in [0.5, 0.6) is 11.5 Å². The molecule has 1 aliphatic rings. The Morgan fingerprint density at radius 2 is 1.64 bits per heavy atom. The average Bonchev–Trinajstić information content (AvgIpc) is 3.33. The summed E-state index contributed by atoms with van der Waals surface area (Å²) in [5.41, 5.74) is 3.37. The van der Waals surface area contributed by atoms with Crippen molar-refractivity contribution in [3.63, 3.8) is 0 Å². The number of aryl methyl sites for hydroxylation is 2. The van der Waals surface area contributed by atoms with Crippen molar-refractivity contribution >= 4 is 38.1 Å². The Labute approximate surface area is 210 Å². The number of nitrogens with zero attached hydrogens (tertiary/aromatic N) is 1. The summed E-state index contributed by atoms with van der Waals surface area (Å²) in [5, 5.41) is 5.06. The molecule has 1 N–H and O–H groups in total. The molecule has 5 rings (SSSR count). The van der Waals surface area contributed by atoms with Crippen LogP contribution in [0, 0.1) is 0 Å². The lowest BCUT2D eigenvalue weighted by molar-refractivity contribution is -0.114. The van der Waals surface area contributed by atoms with Gasteiger partial charge in [-0.2, -0.15) is 0 Å². The van der Waals surface area contributed by atoms with Gasteiger partial charge in [-0.15, -0.1) is 0 Å². The summed E-state index contributed by atoms with van der Waals surface area (Å²) in [4.78, 5) is 13.4. The van der Waals surface area contributed by atoms with E-state index in [9.17, 15) is 13.2 Å². The molecule has 0 saturated heterocycles. The van der Waals surface area contributed by atoms with Gasteiger partial charge in [0.05, 0.1) is 24.8 Å². The number of hydrogen-bond donors (Lipinski definition) is 1. The number of ether oxygens (including phenoxy) is 2. The molecule has 0 aliphatic heterocycles. The lowest BCUT2D eigenvalue weighted by atomic mass is 10.0. The molecule has 0 radical (unpaired) electrons. The summed E-state index contributed by atoms with van der Waals surface area (Å²) in [6, 6.07) is 22.8. The van der Waals surface area contributed by atoms with Crippen molar-refractivity contribution in [2.24, 2.45) is 0 Å². The van der Waals surface area contributed by atoms with Gasteiger partial charge < -0.3 is 14.8 Å². The van der Waals surface area contributed by atoms with E-state index in [0.717, 1.165) is 22.5 Å². The third-order valence-electron chi connectivity index (χ3n) is 6.42. The molecule has 1 amide bonds. The largest absolute Gasteiger partial charge is 0.497 e. The fourth-order valence-electron chi connectivity index (χ4n) is 4.69. The molecule has 0 fully saturated rings. The van der Waals surface area contributed by atoms with Gasteiger partial charge in [0, 0.05) is 17.1 Å². The van der Waals surface area contributed by atoms with Gasteiger partial charge in [-0.05, 0) is 59.7 Å². The van der Waals surface area contributed by atoms with Gasteiger partial charge in [0.25, 0.3) is 10.0 Å². The van der Waals surface area contributed by atoms with Crippen molar-refractivity contribution in [3.05, 3.63) is 90.0 Å². The zero-order valence-corrected chi connectivity index (χ0v) is 20.8. The van der Waals surface area contributed by atoms with Crippen molar-refractivity contribution in [2.75, 3.05) is 30.4 Å². The van der Waals surface area contributed by atoms with Crippen LogP contribution >= 0.6 is 0 Å². The number of amides is 1. The van der Waals surface area contributed by atoms with Crippen LogP contribution in [0.4, 0.5) is 11.4 Å². The Kier molecular flexibility index (Phi) is 6.28. The summed E-state index contributed by atoms with van der Waals surface area (Å²) in [7, 11) is -1.17. The summed E-state index contributed by atoms with van der Waals surface area (Å²) in [5.74, 6) is 0.262. The molecular weight excluding hydrogens is 476 g/mol. The van der Waals surface area contributed by atoms with Crippen molar-refractivity contribution < 1.29 is 22.7 Å². The summed E-state index contributed by atoms with van der Waals surface area (Å²) in [6.45, 7) is -0.455. The van der Waals surface area contributed by atoms with Crippen LogP contribution in [0.3, 0.4) is 0 Å². The van der Waals surface area contributed by atoms with Gasteiger partial charge >= 0.3 is 0 Å². The summed E-state index contributed by atoms with van der Waals surface area (Å²) >= 11 is 0. The smallest absolute Gasteiger partial charge is 0.264 e. The maximum Gasteiger partial charge on any atom is 0.264 e. The number of carbonyl (C=O) groups is 1. The number of hydrogen-bond acceptors (Lipinski definition) is 5. The molecule has 36 heavy (non-hydrogen) atoms. The molecule has 7 nitrogen and oxygen atoms in total. The first-order chi connectivity index (χ1) is 17.4. The normalized spacial score (nSPS) is 12.4. The van der Waals surface area contributed by atoms with Crippen molar-refractivity contribution in [1.29, 1.82) is 0 Å². The molecule has 0 spiro atoms. The first kappa shape index (κ1) is 23.7. The second-order valence-electron chi connectivity index (χ2n) is 8.52. The highest BCUT2D eigenvalue weighted by Gasteiger charge is 2.30. The van der Waals surface area contributed by atoms with Gasteiger partial charge in [-0.25, -0.2) is 8.42 Å². The van der Waals surface area contributed by atoms with E-state index in [4.69, 9.17) is 9.47 Å². The predicted molar refractivity (Wildman–Crippen MR) is 141 cm³/mol. The average molecular weight is 503 g/mol. The van der Waals surface area contributed by atoms with Crippen LogP contribution in [0.15, 0.2) is 83.8 Å². The number of sulfonamides is 1. The molecule has 0 heterocycles. The van der Waals surface area contributed by atoms with Crippen LogP contribution in [-0.2, 0) is 27.7 Å². The van der Waals surface area contributed by atoms with Crippen molar-refractivity contribution in [3.8, 4) is 11.5 Å². The molecule has 0 bridgehead atoms. The molecule has 0 unspecified atom stereocenters. The molecule has 0 saturated carbocycles. The molecule has 0 atom stereocenters. The molecular formula is C28H26N2O5S. The van der Waals surface area contributed by atoms with E-state index in [1.165, 1.54) is 42.9 Å². The van der Waals surface area contributed by atoms with Gasteiger partial charge in [-0.1, -0.05) is 42.5 Å². The summed E-state index contributed by atoms with van der Waals surface area (Å²) < 4.78 is 39.3. The van der Waals surface area contributed by atoms with Gasteiger partial charge in [-0.3, -0.25) is 9.10 Å². The van der Waals surface area contributed by atoms with E-state index in [-0.39, 0.29) is 10.6 Å². The van der Waals surface area contributed by atoms with E-state index in [1.54, 1.807) is 36.4 Å². The third-order valence-corrected chi connectivity index (χ3v) is 8.20. The fourth-order valence-corrected chi connectivity index (χ4v) is 6.13. The minimum Gasteiger partial charge on any atom is -0.497 e. The van der Waals surface area contributed by atoms with E-state index < -0.39 is 22.5 Å². The maximum atomic E-state index is 13.7. The summed E-state index contributed by atoms with van der Waals surface area (Å²) in [6.07, 6.45) is 1.95. The Hall–Kier alpha value is -4.04. The molecule has 0 aromatic heterocycles. The molecule has 4 aromatic carbocycles. The van der Waals surface area contributed by atoms with E-state index in [2.05, 4.69) is 11.4 Å². The minimum atomic E-state index is -4.11. The zero-order valence-electron chi connectivity index (χ0n) is 20.0. The van der Waals surface area contributed by atoms with Crippen LogP contribution in [-0.4, -0.2) is 35.1 Å². The molecule has 184 valence electrons. The van der Waals surface area contributed by atoms with E-state index >= 15 is 0 Å². The zero-order chi connectivity index (χ0) is 25.3. The number of methoxy groups -OCH3 is 2. The van der Waals surface area contributed by atoms with Gasteiger partial charge in [0.15, 0.2) is 0 Å². The highest BCUT2D eigenvalue weighted by atomic mass is 32.2. The fraction of sp³-hybridized carbons (Fsp3) is 0.179. The van der Waals surface area contributed by atoms with Gasteiger partial charge in [0.1, 0.15) is 18.0 Å². The topological polar surface area (TPSA) is 84.9 Å². The third kappa shape index (κ3) is 4.24. The quantitative estimate of drug-likeness (QED) is 0.375. The monoisotopic (exact) mass is 502 g/mol. The van der Waals surface area contributed by atoms with Gasteiger partial charge in [0.2, 0.25) is 5.91 Å². The maximum absolute atomic E-state index is 13.7. The van der Waals surface area contributed by atoms with Crippen LogP contribution in [0.2, 0.25) is 0 Å². The number of carbonyl (C=O) groups excluding carboxylic acids is 1. The van der Waals surface area contributed by atoms with E-state index in [1.807, 2.05) is 24.3 Å². The molecule has 4 aromatic rings. The van der Waals surface area contributed by atoms with Crippen molar-refractivity contribution in [1.82, 2.24) is 0 Å². The van der Waals surface area contributed by atoms with Crippen LogP contribution in [0.25, 0.3) is 10.8 Å². The number of benzene rings is 4. The highest BCUT2D eigenvalue weighted by Crippen LogP contribution is 2.37. The Morgan fingerprint density at radius 1 is 0.889 bits per heavy atom. The lowest BCUT2D eigenvalue weighted by Gasteiger charge is -2.26. The Morgan fingerprint density at radius 3 is 2.36 bits per heavy atom. The number of nitrogens with one attached hydrogen (secondary N) is 1. The van der Waals surface area contributed by atoms with Crippen molar-refractivity contribution in [2.45, 2.75) is 17.7 Å². The number of anilines is 2. The first-order valence-corrected chi connectivity index (χ1v) is 13.0. The highest BCUT2D eigenvalue weighted by molar-refractivity contribution is 7.92. The lowest BCUT2D eigenvalue weighted by Crippen LogP contribution is -2.38. The number of rotatable bonds is 8. The van der Waals surface area contributed by atoms with E-state index in [0.29, 0.717) is 17.2 Å². The Balaban J connectivity index is 1.54. The van der Waals surface area contributed by atoms with Crippen LogP contribution < -0.4 is 19.1 Å². The minimum absolute atomic E-state index is 0.0630. The Bertz CT molecular complexity index is 1540. The second kappa shape index (κ2) is 9.54. The molecule has 1 aliphatic carbocycles. The SMILES string of the molecule is COc1ccc(OC)c(N(CC(=O)Nc2ccc3c4c(cccc24)CC3)S(=O)(=O)c2ccccc2)c1. The first-order valence-electron chi connectivity index (χ1n) is 11.6. The van der Waals surface area contributed by atoms with Crippen LogP contribution in [0.1, 0.15) is 11.1 Å².